The quantitative estimate of drug-likeness (QED) is 0.148. The Labute approximate surface area is 248 Å². The van der Waals surface area contributed by atoms with Gasteiger partial charge >= 0.3 is 0 Å². The average Bonchev–Trinajstić information content (AvgIpc) is 3.03. The number of aromatic nitrogens is 4. The fourth-order valence-electron chi connectivity index (χ4n) is 5.17. The van der Waals surface area contributed by atoms with Crippen molar-refractivity contribution in [2.75, 3.05) is 0 Å². The van der Waals surface area contributed by atoms with Gasteiger partial charge in [0.05, 0.1) is 22.1 Å². The number of fused-ring (bicyclic) bond motifs is 12. The molecule has 0 fully saturated rings. The molecule has 188 valence electrons. The van der Waals surface area contributed by atoms with E-state index in [1.807, 2.05) is 43.0 Å². The molecule has 0 unspecified atom stereocenters. The molecule has 4 aromatic heterocycles. The Hall–Kier alpha value is -3.52. The summed E-state index contributed by atoms with van der Waals surface area (Å²) in [5, 5.41) is 9.53. The lowest BCUT2D eigenvalue weighted by Gasteiger charge is -2.08. The van der Waals surface area contributed by atoms with Crippen molar-refractivity contribution < 1.29 is 0 Å². The number of pyridine rings is 4. The second-order valence-electron chi connectivity index (χ2n) is 8.84. The largest absolute Gasteiger partial charge is 0.254 e. The zero-order chi connectivity index (χ0) is 26.8. The topological polar surface area (TPSA) is 51.6 Å². The van der Waals surface area contributed by atoms with E-state index in [2.05, 4.69) is 137 Å². The van der Waals surface area contributed by atoms with Gasteiger partial charge in [-0.15, -0.1) is 0 Å². The van der Waals surface area contributed by atoms with Gasteiger partial charge in [-0.3, -0.25) is 19.9 Å². The molecule has 0 aliphatic heterocycles. The lowest BCUT2D eigenvalue weighted by atomic mass is 10.0. The van der Waals surface area contributed by atoms with Crippen LogP contribution < -0.4 is 0 Å². The third kappa shape index (κ3) is 4.65. The van der Waals surface area contributed by atoms with Gasteiger partial charge in [-0.25, -0.2) is 0 Å². The van der Waals surface area contributed by atoms with Crippen LogP contribution in [-0.2, 0) is 0 Å². The number of benzene rings is 4. The Kier molecular flexibility index (Phi) is 7.46. The van der Waals surface area contributed by atoms with E-state index in [4.69, 9.17) is 0 Å². The first kappa shape index (κ1) is 25.7. The van der Waals surface area contributed by atoms with Gasteiger partial charge in [0.25, 0.3) is 0 Å². The first-order chi connectivity index (χ1) is 19.3. The monoisotopic (exact) mass is 696 g/mol. The molecule has 0 amide bonds. The number of hydrogen-bond donors (Lipinski definition) is 0. The number of nitrogens with zero attached hydrogens (tertiary/aromatic N) is 4. The molecule has 0 saturated heterocycles. The van der Waals surface area contributed by atoms with Gasteiger partial charge in [0.15, 0.2) is 0 Å². The second kappa shape index (κ2) is 11.3. The Morgan fingerprint density at radius 2 is 0.718 bits per heavy atom. The molecule has 8 aromatic rings. The van der Waals surface area contributed by atoms with E-state index in [-0.39, 0.29) is 0 Å². The predicted molar refractivity (Wildman–Crippen MR) is 175 cm³/mol. The Morgan fingerprint density at radius 3 is 1.13 bits per heavy atom. The molecular weight excluding hydrogens is 680 g/mol. The summed E-state index contributed by atoms with van der Waals surface area (Å²) in [4.78, 5) is 18.1. The van der Waals surface area contributed by atoms with E-state index in [0.29, 0.717) is 0 Å². The molecule has 7 heteroatoms. The van der Waals surface area contributed by atoms with Crippen molar-refractivity contribution in [2.45, 2.75) is 0 Å². The highest BCUT2D eigenvalue weighted by atomic mass is 80.9. The summed E-state index contributed by atoms with van der Waals surface area (Å²) in [5.74, 6) is 0. The molecule has 4 aromatic carbocycles. The summed E-state index contributed by atoms with van der Waals surface area (Å²) in [6.45, 7) is 0. The van der Waals surface area contributed by atoms with Crippen molar-refractivity contribution in [1.82, 2.24) is 19.9 Å². The summed E-state index contributed by atoms with van der Waals surface area (Å²) in [7, 11) is 0. The summed E-state index contributed by atoms with van der Waals surface area (Å²) in [6, 6.07) is 31.2. The number of rotatable bonds is 0. The first-order valence-electron chi connectivity index (χ1n) is 12.1. The van der Waals surface area contributed by atoms with Crippen molar-refractivity contribution in [3.8, 4) is 0 Å². The molecule has 0 atom stereocenters. The van der Waals surface area contributed by atoms with Crippen LogP contribution in [0.15, 0.2) is 120 Å². The normalized spacial score (nSPS) is 10.9. The molecule has 0 saturated carbocycles. The van der Waals surface area contributed by atoms with Crippen molar-refractivity contribution in [2.24, 2.45) is 0 Å². The maximum atomic E-state index is 4.55. The van der Waals surface area contributed by atoms with Gasteiger partial charge < -0.3 is 0 Å². The highest BCUT2D eigenvalue weighted by Crippen LogP contribution is 2.34. The zero-order valence-corrected chi connectivity index (χ0v) is 25.2. The van der Waals surface area contributed by atoms with Gasteiger partial charge in [-0.2, -0.15) is 0 Å². The van der Waals surface area contributed by atoms with Gasteiger partial charge in [-0.1, -0.05) is 66.7 Å². The van der Waals surface area contributed by atoms with Crippen molar-refractivity contribution in [1.29, 1.82) is 0 Å². The summed E-state index contributed by atoms with van der Waals surface area (Å²) < 4.78 is 0.987. The predicted octanol–water partition coefficient (Wildman–Crippen LogP) is 10.3. The van der Waals surface area contributed by atoms with Crippen LogP contribution in [0, 0.1) is 0 Å². The molecule has 0 aliphatic rings. The second-order valence-corrected chi connectivity index (χ2v) is 9.76. The van der Waals surface area contributed by atoms with Crippen molar-refractivity contribution >= 4 is 109 Å². The van der Waals surface area contributed by atoms with Gasteiger partial charge in [-0.05, 0) is 61.7 Å². The van der Waals surface area contributed by atoms with Crippen LogP contribution in [-0.4, -0.2) is 19.9 Å². The summed E-state index contributed by atoms with van der Waals surface area (Å²) in [6.07, 6.45) is 7.29. The molecule has 4 nitrogen and oxygen atoms in total. The van der Waals surface area contributed by atoms with Crippen molar-refractivity contribution in [3.05, 3.63) is 120 Å². The van der Waals surface area contributed by atoms with E-state index in [9.17, 15) is 0 Å². The van der Waals surface area contributed by atoms with Gasteiger partial charge in [0.2, 0.25) is 0 Å². The first-order valence-corrected chi connectivity index (χ1v) is 16.7. The zero-order valence-electron chi connectivity index (χ0n) is 20.4. The van der Waals surface area contributed by atoms with E-state index in [1.165, 1.54) is 32.3 Å². The van der Waals surface area contributed by atoms with E-state index < -0.39 is 0 Å². The molecule has 0 radical (unpaired) electrons. The standard InChI is InChI=1S/C16H9BrN2.C16H10N2.Br2/c17-10-8-14-12-5-2-1-4-11(12)13-6-3-7-18-15(13)16(14)19-9-10;1-2-6-12-11(5-1)13-7-3-9-17-15(13)16-14(12)8-4-10-18-16;1-2/h1-9H;1-10H;. The third-order valence-electron chi connectivity index (χ3n) is 6.74. The van der Waals surface area contributed by atoms with Crippen LogP contribution in [0.4, 0.5) is 0 Å². The van der Waals surface area contributed by atoms with E-state index in [1.54, 1.807) is 0 Å². The molecule has 39 heavy (non-hydrogen) atoms. The molecule has 0 bridgehead atoms. The molecular formula is C32H19Br3N4. The van der Waals surface area contributed by atoms with Crippen LogP contribution in [0.2, 0.25) is 0 Å². The van der Waals surface area contributed by atoms with Crippen molar-refractivity contribution in [3.63, 3.8) is 0 Å². The highest BCUT2D eigenvalue weighted by molar-refractivity contribution is 9.93. The Morgan fingerprint density at radius 1 is 0.385 bits per heavy atom. The van der Waals surface area contributed by atoms with Gasteiger partial charge in [0.1, 0.15) is 0 Å². The van der Waals surface area contributed by atoms with E-state index in [0.717, 1.165) is 37.3 Å². The van der Waals surface area contributed by atoms with E-state index >= 15 is 0 Å². The van der Waals surface area contributed by atoms with Crippen LogP contribution in [0.5, 0.6) is 0 Å². The summed E-state index contributed by atoms with van der Waals surface area (Å²) >= 11 is 9.00. The van der Waals surface area contributed by atoms with Crippen LogP contribution in [0.1, 0.15) is 0 Å². The summed E-state index contributed by atoms with van der Waals surface area (Å²) in [5.41, 5.74) is 3.87. The fraction of sp³-hybridized carbons (Fsp3) is 0. The van der Waals surface area contributed by atoms with Crippen LogP contribution in [0.25, 0.3) is 65.2 Å². The molecule has 8 rings (SSSR count). The smallest absolute Gasteiger partial charge is 0.0971 e. The fourth-order valence-corrected chi connectivity index (χ4v) is 5.50. The Balaban J connectivity index is 0.000000134. The molecule has 0 N–H and O–H groups in total. The molecule has 0 spiro atoms. The number of hydrogen-bond acceptors (Lipinski definition) is 4. The maximum Gasteiger partial charge on any atom is 0.0971 e. The maximum absolute atomic E-state index is 4.55. The lowest BCUT2D eigenvalue weighted by molar-refractivity contribution is 1.37. The molecule has 0 aliphatic carbocycles. The highest BCUT2D eigenvalue weighted by Gasteiger charge is 2.10. The minimum absolute atomic E-state index is 0.956. The Bertz CT molecular complexity index is 1870. The SMILES string of the molecule is BrBr.Brc1cnc2c(c1)c1ccccc1c1cccnc12.c1ccc2c(c1)c1cccnc1c1ncccc21. The average molecular weight is 699 g/mol. The number of halogens is 3. The third-order valence-corrected chi connectivity index (χ3v) is 7.17. The van der Waals surface area contributed by atoms with Crippen LogP contribution in [0.3, 0.4) is 0 Å². The minimum atomic E-state index is 0.956. The lowest BCUT2D eigenvalue weighted by Crippen LogP contribution is -1.87. The minimum Gasteiger partial charge on any atom is -0.254 e. The van der Waals surface area contributed by atoms with Crippen LogP contribution >= 0.6 is 44.2 Å². The molecule has 4 heterocycles. The van der Waals surface area contributed by atoms with Gasteiger partial charge in [0, 0.05) is 79.1 Å².